The molecule has 0 unspecified atom stereocenters. The van der Waals surface area contributed by atoms with Crippen LogP contribution in [0.3, 0.4) is 0 Å². The molecule has 0 fully saturated rings. The number of thioether (sulfide) groups is 4. The Kier molecular flexibility index (Phi) is 3.81. The molecule has 0 saturated heterocycles. The van der Waals surface area contributed by atoms with Crippen LogP contribution in [0.4, 0.5) is 0 Å². The lowest BCUT2D eigenvalue weighted by Gasteiger charge is -2.03. The van der Waals surface area contributed by atoms with E-state index in [9.17, 15) is 0 Å². The van der Waals surface area contributed by atoms with Crippen molar-refractivity contribution in [2.24, 2.45) is 0 Å². The van der Waals surface area contributed by atoms with Gasteiger partial charge in [-0.3, -0.25) is 0 Å². The number of fused-ring (bicyclic) bond motifs is 3. The topological polar surface area (TPSA) is 0 Å². The molecule has 0 amide bonds. The van der Waals surface area contributed by atoms with Crippen LogP contribution in [0.15, 0.2) is 35.6 Å². The Balaban J connectivity index is 1.87. The van der Waals surface area contributed by atoms with E-state index in [0.717, 1.165) is 0 Å². The molecule has 1 aliphatic carbocycles. The van der Waals surface area contributed by atoms with E-state index in [2.05, 4.69) is 35.4 Å². The number of thiophene rings is 2. The van der Waals surface area contributed by atoms with Crippen LogP contribution in [0.25, 0.3) is 16.7 Å². The fourth-order valence-electron chi connectivity index (χ4n) is 2.34. The Hall–Kier alpha value is 0.280. The quantitative estimate of drug-likeness (QED) is 0.484. The monoisotopic (exact) mass is 370 g/mol. The Morgan fingerprint density at radius 1 is 0.800 bits per heavy atom. The summed E-state index contributed by atoms with van der Waals surface area (Å²) >= 11 is 11.4. The van der Waals surface area contributed by atoms with Gasteiger partial charge in [-0.1, -0.05) is 23.5 Å². The summed E-state index contributed by atoms with van der Waals surface area (Å²) in [6, 6.07) is 4.53. The molecule has 2 aromatic heterocycles. The Morgan fingerprint density at radius 3 is 1.75 bits per heavy atom. The highest BCUT2D eigenvalue weighted by Crippen LogP contribution is 2.62. The van der Waals surface area contributed by atoms with Crippen molar-refractivity contribution in [1.82, 2.24) is 0 Å². The van der Waals surface area contributed by atoms with Gasteiger partial charge in [0.15, 0.2) is 0 Å². The first-order valence-electron chi connectivity index (χ1n) is 5.91. The van der Waals surface area contributed by atoms with Crippen molar-refractivity contribution < 1.29 is 0 Å². The minimum Gasteiger partial charge on any atom is -0.143 e. The summed E-state index contributed by atoms with van der Waals surface area (Å²) in [4.78, 5) is 2.93. The molecule has 20 heavy (non-hydrogen) atoms. The molecule has 102 valence electrons. The van der Waals surface area contributed by atoms with Crippen LogP contribution in [0.1, 0.15) is 9.75 Å². The Bertz CT molecular complexity index is 685. The van der Waals surface area contributed by atoms with Crippen molar-refractivity contribution in [3.8, 4) is 11.1 Å². The standard InChI is InChI=1S/C14H10S6/c1-15-13-14(16-2)20-12(19-13)9-10-7(3-5-17-10)8-4-6-18-11(8)9/h3-6H,1-2H3. The Labute approximate surface area is 143 Å². The third-order valence-electron chi connectivity index (χ3n) is 3.19. The molecule has 6 heteroatoms. The largest absolute Gasteiger partial charge is 0.143 e. The van der Waals surface area contributed by atoms with Gasteiger partial charge in [0.2, 0.25) is 0 Å². The first-order chi connectivity index (χ1) is 9.83. The van der Waals surface area contributed by atoms with Gasteiger partial charge in [0.05, 0.1) is 12.7 Å². The maximum Gasteiger partial charge on any atom is 0.0657 e. The Morgan fingerprint density at radius 2 is 1.30 bits per heavy atom. The molecule has 0 saturated carbocycles. The van der Waals surface area contributed by atoms with Crippen molar-refractivity contribution in [3.05, 3.63) is 45.4 Å². The third-order valence-corrected chi connectivity index (χ3v) is 10.3. The van der Waals surface area contributed by atoms with Crippen molar-refractivity contribution in [2.45, 2.75) is 0 Å². The second kappa shape index (κ2) is 5.48. The minimum atomic E-state index is 1.43. The van der Waals surface area contributed by atoms with Gasteiger partial charge in [0.25, 0.3) is 0 Å². The molecule has 1 aliphatic heterocycles. The zero-order valence-corrected chi connectivity index (χ0v) is 15.7. The van der Waals surface area contributed by atoms with E-state index < -0.39 is 0 Å². The van der Waals surface area contributed by atoms with Crippen LogP contribution in [-0.4, -0.2) is 12.5 Å². The van der Waals surface area contributed by atoms with Crippen molar-refractivity contribution in [1.29, 1.82) is 0 Å². The maximum absolute atomic E-state index is 2.27. The van der Waals surface area contributed by atoms with Crippen LogP contribution in [0, 0.1) is 0 Å². The fraction of sp³-hybridized carbons (Fsp3) is 0.143. The highest BCUT2D eigenvalue weighted by molar-refractivity contribution is 8.40. The smallest absolute Gasteiger partial charge is 0.0657 e. The molecular weight excluding hydrogens is 361 g/mol. The van der Waals surface area contributed by atoms with Crippen molar-refractivity contribution >= 4 is 75.3 Å². The van der Waals surface area contributed by atoms with Crippen LogP contribution in [0.5, 0.6) is 0 Å². The molecule has 0 nitrogen and oxygen atoms in total. The van der Waals surface area contributed by atoms with E-state index in [1.807, 2.05) is 69.7 Å². The van der Waals surface area contributed by atoms with Gasteiger partial charge in [0.1, 0.15) is 0 Å². The molecule has 0 N–H and O–H groups in total. The lowest BCUT2D eigenvalue weighted by molar-refractivity contribution is 1.86. The lowest BCUT2D eigenvalue weighted by Crippen LogP contribution is -1.77. The second-order valence-corrected chi connectivity index (χ2v) is 10.5. The summed E-state index contributed by atoms with van der Waals surface area (Å²) in [6.07, 6.45) is 4.35. The molecule has 4 rings (SSSR count). The van der Waals surface area contributed by atoms with E-state index in [0.29, 0.717) is 0 Å². The number of hydrogen-bond donors (Lipinski definition) is 0. The third kappa shape index (κ3) is 2.00. The summed E-state index contributed by atoms with van der Waals surface area (Å²) in [7, 11) is 0. The van der Waals surface area contributed by atoms with E-state index >= 15 is 0 Å². The lowest BCUT2D eigenvalue weighted by atomic mass is 10.2. The predicted molar refractivity (Wildman–Crippen MR) is 103 cm³/mol. The molecule has 0 spiro atoms. The summed E-state index contributed by atoms with van der Waals surface area (Å²) in [5.41, 5.74) is 4.34. The van der Waals surface area contributed by atoms with E-state index in [1.54, 1.807) is 0 Å². The fourth-order valence-corrected chi connectivity index (χ4v) is 9.70. The summed E-state index contributed by atoms with van der Waals surface area (Å²) in [6.45, 7) is 0. The van der Waals surface area contributed by atoms with Gasteiger partial charge in [-0.2, -0.15) is 0 Å². The molecule has 3 heterocycles. The predicted octanol–water partition coefficient (Wildman–Crippen LogP) is 6.84. The van der Waals surface area contributed by atoms with E-state index in [1.165, 1.54) is 39.2 Å². The summed E-state index contributed by atoms with van der Waals surface area (Å²) in [5.74, 6) is 0. The zero-order chi connectivity index (χ0) is 13.7. The van der Waals surface area contributed by atoms with Crippen molar-refractivity contribution in [2.75, 3.05) is 12.5 Å². The first kappa shape index (κ1) is 13.9. The molecule has 0 radical (unpaired) electrons. The highest BCUT2D eigenvalue weighted by atomic mass is 32.3. The highest BCUT2D eigenvalue weighted by Gasteiger charge is 2.32. The summed E-state index contributed by atoms with van der Waals surface area (Å²) in [5, 5.41) is 4.43. The average Bonchev–Trinajstić information content (AvgIpc) is 3.19. The van der Waals surface area contributed by atoms with E-state index in [4.69, 9.17) is 0 Å². The molecular formula is C14H10S6. The van der Waals surface area contributed by atoms with Gasteiger partial charge >= 0.3 is 0 Å². The SMILES string of the molecule is CSC1=C(SC)SC(=C2c3sccc3-c3ccsc32)S1. The van der Waals surface area contributed by atoms with Crippen molar-refractivity contribution in [3.63, 3.8) is 0 Å². The number of hydrogen-bond acceptors (Lipinski definition) is 6. The average molecular weight is 371 g/mol. The summed E-state index contributed by atoms with van der Waals surface area (Å²) < 4.78 is 4.37. The zero-order valence-electron chi connectivity index (χ0n) is 10.8. The van der Waals surface area contributed by atoms with Crippen LogP contribution < -0.4 is 0 Å². The normalized spacial score (nSPS) is 17.1. The van der Waals surface area contributed by atoms with E-state index in [-0.39, 0.29) is 0 Å². The van der Waals surface area contributed by atoms with Crippen LogP contribution >= 0.6 is 69.7 Å². The van der Waals surface area contributed by atoms with Gasteiger partial charge in [-0.15, -0.1) is 46.2 Å². The maximum atomic E-state index is 2.27. The number of rotatable bonds is 2. The molecule has 0 atom stereocenters. The van der Waals surface area contributed by atoms with Gasteiger partial charge in [0, 0.05) is 26.5 Å². The molecule has 2 aromatic rings. The van der Waals surface area contributed by atoms with Gasteiger partial charge in [-0.25, -0.2) is 0 Å². The van der Waals surface area contributed by atoms with Crippen LogP contribution in [-0.2, 0) is 0 Å². The molecule has 2 aliphatic rings. The first-order valence-corrected chi connectivity index (χ1v) is 11.8. The second-order valence-electron chi connectivity index (χ2n) is 4.18. The van der Waals surface area contributed by atoms with Crippen LogP contribution in [0.2, 0.25) is 0 Å². The minimum absolute atomic E-state index is 1.43. The molecule has 0 aromatic carbocycles. The molecule has 0 bridgehead atoms. The van der Waals surface area contributed by atoms with Gasteiger partial charge < -0.3 is 0 Å². The van der Waals surface area contributed by atoms with Gasteiger partial charge in [-0.05, 0) is 35.4 Å².